The average molecular weight is 482 g/mol. The second-order valence-corrected chi connectivity index (χ2v) is 7.45. The Bertz CT molecular complexity index is 1280. The van der Waals surface area contributed by atoms with Crippen LogP contribution in [-0.2, 0) is 0 Å². The van der Waals surface area contributed by atoms with E-state index in [2.05, 4.69) is 9.72 Å². The van der Waals surface area contributed by atoms with Crippen LogP contribution in [-0.4, -0.2) is 17.5 Å². The molecule has 0 spiro atoms. The lowest BCUT2D eigenvalue weighted by Gasteiger charge is -2.17. The first kappa shape index (κ1) is 22.2. The smallest absolute Gasteiger partial charge is 0.455 e. The van der Waals surface area contributed by atoms with Crippen LogP contribution in [0.5, 0.6) is 17.2 Å². The number of rotatable bonds is 6. The lowest BCUT2D eigenvalue weighted by molar-refractivity contribution is -0.253. The molecule has 1 aromatic heterocycles. The van der Waals surface area contributed by atoms with Crippen LogP contribution in [0.3, 0.4) is 0 Å². The van der Waals surface area contributed by atoms with Gasteiger partial charge in [-0.25, -0.2) is 4.98 Å². The summed E-state index contributed by atoms with van der Waals surface area (Å²) in [5, 5.41) is 1.29. The molecule has 0 bridgehead atoms. The van der Waals surface area contributed by atoms with Gasteiger partial charge in [-0.05, 0) is 48.5 Å². The van der Waals surface area contributed by atoms with Crippen molar-refractivity contribution in [3.8, 4) is 28.5 Å². The Morgan fingerprint density at radius 2 is 1.56 bits per heavy atom. The van der Waals surface area contributed by atoms with Gasteiger partial charge in [-0.15, -0.1) is 0 Å². The number of nitrogens with zero attached hydrogens (tertiary/aromatic N) is 1. The molecule has 32 heavy (non-hydrogen) atoms. The topological polar surface area (TPSA) is 31.4 Å². The number of hydrogen-bond donors (Lipinski definition) is 0. The van der Waals surface area contributed by atoms with Crippen molar-refractivity contribution in [2.45, 2.75) is 12.5 Å². The summed E-state index contributed by atoms with van der Waals surface area (Å²) in [4.78, 5) is 4.53. The average Bonchev–Trinajstić information content (AvgIpc) is 2.76. The lowest BCUT2D eigenvalue weighted by atomic mass is 10.1. The Kier molecular flexibility index (Phi) is 6.13. The molecule has 0 unspecified atom stereocenters. The summed E-state index contributed by atoms with van der Waals surface area (Å²) in [6.07, 6.45) is -8.54. The van der Waals surface area contributed by atoms with E-state index in [1.54, 1.807) is 54.6 Å². The van der Waals surface area contributed by atoms with Crippen molar-refractivity contribution in [3.05, 3.63) is 82.8 Å². The third kappa shape index (κ3) is 4.59. The summed E-state index contributed by atoms with van der Waals surface area (Å²) in [6, 6.07) is 19.0. The van der Waals surface area contributed by atoms with E-state index in [1.165, 1.54) is 18.2 Å². The number of alkyl halides is 4. The molecule has 0 aliphatic carbocycles. The van der Waals surface area contributed by atoms with Gasteiger partial charge in [0, 0.05) is 10.9 Å². The van der Waals surface area contributed by atoms with Gasteiger partial charge in [-0.1, -0.05) is 47.5 Å². The predicted octanol–water partition coefficient (Wildman–Crippen LogP) is 8.24. The molecule has 0 aliphatic heterocycles. The molecule has 0 amide bonds. The first-order valence-electron chi connectivity index (χ1n) is 9.21. The molecule has 4 rings (SSSR count). The van der Waals surface area contributed by atoms with E-state index in [9.17, 15) is 17.6 Å². The van der Waals surface area contributed by atoms with Crippen molar-refractivity contribution in [1.82, 2.24) is 4.98 Å². The van der Waals surface area contributed by atoms with Gasteiger partial charge in [0.1, 0.15) is 22.3 Å². The summed E-state index contributed by atoms with van der Waals surface area (Å²) >= 11 is 12.2. The zero-order chi connectivity index (χ0) is 22.9. The normalized spacial score (nSPS) is 11.7. The van der Waals surface area contributed by atoms with Crippen molar-refractivity contribution >= 4 is 34.1 Å². The largest absolute Gasteiger partial charge is 0.461 e. The molecule has 4 aromatic rings. The molecule has 0 radical (unpaired) electrons. The van der Waals surface area contributed by atoms with Gasteiger partial charge in [0.15, 0.2) is 0 Å². The van der Waals surface area contributed by atoms with E-state index >= 15 is 0 Å². The molecular weight excluding hydrogens is 469 g/mol. The predicted molar refractivity (Wildman–Crippen MR) is 115 cm³/mol. The maximum atomic E-state index is 13.2. The monoisotopic (exact) mass is 481 g/mol. The van der Waals surface area contributed by atoms with Crippen LogP contribution >= 0.6 is 23.2 Å². The van der Waals surface area contributed by atoms with Gasteiger partial charge >= 0.3 is 12.5 Å². The molecule has 164 valence electrons. The standard InChI is InChI=1S/C23H13Cl2F4NO2/c24-16-6-2-9-20(21(16)25)31-19-8-3-7-18-15(19)10-11-17(30-18)13-4-1-5-14(12-13)32-23(28,29)22(26)27/h1-12,22H. The summed E-state index contributed by atoms with van der Waals surface area (Å²) in [5.41, 5.74) is 1.40. The fraction of sp³-hybridized carbons (Fsp3) is 0.0870. The first-order chi connectivity index (χ1) is 15.2. The minimum absolute atomic E-state index is 0.271. The van der Waals surface area contributed by atoms with Gasteiger partial charge in [-0.2, -0.15) is 17.6 Å². The fourth-order valence-corrected chi connectivity index (χ4v) is 3.31. The van der Waals surface area contributed by atoms with Crippen LogP contribution in [0.1, 0.15) is 0 Å². The molecule has 0 saturated carbocycles. The van der Waals surface area contributed by atoms with Crippen LogP contribution in [0.25, 0.3) is 22.2 Å². The molecule has 0 atom stereocenters. The Balaban J connectivity index is 1.67. The molecule has 0 aliphatic rings. The molecule has 0 N–H and O–H groups in total. The van der Waals surface area contributed by atoms with E-state index in [0.717, 1.165) is 0 Å². The lowest BCUT2D eigenvalue weighted by Crippen LogP contribution is -2.33. The third-order valence-corrected chi connectivity index (χ3v) is 5.27. The number of aromatic nitrogens is 1. The molecule has 0 saturated heterocycles. The molecular formula is C23H13Cl2F4NO2. The zero-order valence-corrected chi connectivity index (χ0v) is 17.5. The highest BCUT2D eigenvalue weighted by Crippen LogP contribution is 2.37. The molecule has 0 fully saturated rings. The maximum Gasteiger partial charge on any atom is 0.461 e. The van der Waals surface area contributed by atoms with Crippen molar-refractivity contribution in [2.24, 2.45) is 0 Å². The minimum atomic E-state index is -4.59. The second kappa shape index (κ2) is 8.84. The number of benzene rings is 3. The van der Waals surface area contributed by atoms with Crippen molar-refractivity contribution < 1.29 is 27.0 Å². The van der Waals surface area contributed by atoms with Crippen LogP contribution < -0.4 is 9.47 Å². The van der Waals surface area contributed by atoms with E-state index in [0.29, 0.717) is 38.7 Å². The maximum absolute atomic E-state index is 13.2. The minimum Gasteiger partial charge on any atom is -0.455 e. The van der Waals surface area contributed by atoms with Gasteiger partial charge < -0.3 is 9.47 Å². The Morgan fingerprint density at radius 1 is 0.844 bits per heavy atom. The number of halogens is 6. The van der Waals surface area contributed by atoms with Gasteiger partial charge in [0.05, 0.1) is 16.2 Å². The van der Waals surface area contributed by atoms with E-state index in [4.69, 9.17) is 27.9 Å². The van der Waals surface area contributed by atoms with Crippen LogP contribution in [0.15, 0.2) is 72.8 Å². The van der Waals surface area contributed by atoms with Crippen molar-refractivity contribution in [2.75, 3.05) is 0 Å². The first-order valence-corrected chi connectivity index (χ1v) is 9.97. The number of hydrogen-bond acceptors (Lipinski definition) is 3. The third-order valence-electron chi connectivity index (χ3n) is 4.47. The Hall–Kier alpha value is -3.03. The quantitative estimate of drug-likeness (QED) is 0.260. The van der Waals surface area contributed by atoms with Crippen LogP contribution in [0.4, 0.5) is 17.6 Å². The summed E-state index contributed by atoms with van der Waals surface area (Å²) in [7, 11) is 0. The van der Waals surface area contributed by atoms with Crippen molar-refractivity contribution in [1.29, 1.82) is 0 Å². The van der Waals surface area contributed by atoms with Gasteiger partial charge in [-0.3, -0.25) is 0 Å². The molecule has 9 heteroatoms. The highest BCUT2D eigenvalue weighted by molar-refractivity contribution is 6.42. The summed E-state index contributed by atoms with van der Waals surface area (Å²) < 4.78 is 61.4. The molecule has 3 aromatic carbocycles. The SMILES string of the molecule is FC(F)C(F)(F)Oc1cccc(-c2ccc3c(Oc4cccc(Cl)c4Cl)cccc3n2)c1. The molecule has 3 nitrogen and oxygen atoms in total. The summed E-state index contributed by atoms with van der Waals surface area (Å²) in [6.45, 7) is 0. The second-order valence-electron chi connectivity index (χ2n) is 6.67. The van der Waals surface area contributed by atoms with Crippen molar-refractivity contribution in [3.63, 3.8) is 0 Å². The van der Waals surface area contributed by atoms with E-state index < -0.39 is 18.3 Å². The highest BCUT2D eigenvalue weighted by Gasteiger charge is 2.44. The number of fused-ring (bicyclic) bond motifs is 1. The zero-order valence-electron chi connectivity index (χ0n) is 16.0. The van der Waals surface area contributed by atoms with Crippen LogP contribution in [0.2, 0.25) is 10.0 Å². The highest BCUT2D eigenvalue weighted by atomic mass is 35.5. The van der Waals surface area contributed by atoms with E-state index in [1.807, 2.05) is 0 Å². The Labute approximate surface area is 190 Å². The number of ether oxygens (including phenoxy) is 2. The molecule has 1 heterocycles. The Morgan fingerprint density at radius 3 is 2.34 bits per heavy atom. The van der Waals surface area contributed by atoms with Gasteiger partial charge in [0.25, 0.3) is 0 Å². The summed E-state index contributed by atoms with van der Waals surface area (Å²) in [5.74, 6) is 0.460. The fourth-order valence-electron chi connectivity index (χ4n) is 2.98. The van der Waals surface area contributed by atoms with Gasteiger partial charge in [0.2, 0.25) is 0 Å². The van der Waals surface area contributed by atoms with E-state index in [-0.39, 0.29) is 5.02 Å². The number of pyridine rings is 1. The van der Waals surface area contributed by atoms with Crippen LogP contribution in [0, 0.1) is 0 Å².